The zero-order valence-electron chi connectivity index (χ0n) is 12.3. The normalized spacial score (nSPS) is 14.3. The molecule has 2 N–H and O–H groups in total. The van der Waals surface area contributed by atoms with E-state index in [1.807, 2.05) is 0 Å². The Kier molecular flexibility index (Phi) is 5.55. The molecule has 0 aromatic heterocycles. The lowest BCUT2D eigenvalue weighted by atomic mass is 9.94. The van der Waals surface area contributed by atoms with Crippen LogP contribution in [0.2, 0.25) is 0 Å². The molecule has 0 spiro atoms. The molecule has 1 rings (SSSR count). The molecule has 0 fully saturated rings. The Labute approximate surface area is 129 Å². The van der Waals surface area contributed by atoms with Crippen LogP contribution in [0, 0.1) is 0 Å². The lowest BCUT2D eigenvalue weighted by Crippen LogP contribution is -2.68. The van der Waals surface area contributed by atoms with Gasteiger partial charge in [0.15, 0.2) is 0 Å². The monoisotopic (exact) mass is 342 g/mol. The first kappa shape index (κ1) is 19.1. The number of hydrogen-bond donors (Lipinski definition) is 2. The molecule has 1 aromatic carbocycles. The predicted octanol–water partition coefficient (Wildman–Crippen LogP) is 4.32. The van der Waals surface area contributed by atoms with E-state index in [0.717, 1.165) is 5.32 Å². The summed E-state index contributed by atoms with van der Waals surface area (Å²) in [5, 5.41) is 3.14. The Hall–Kier alpha value is -1.93. The Morgan fingerprint density at radius 2 is 1.52 bits per heavy atom. The molecule has 0 bridgehead atoms. The van der Waals surface area contributed by atoms with Crippen molar-refractivity contribution in [1.29, 1.82) is 0 Å². The van der Waals surface area contributed by atoms with Crippen LogP contribution in [0.25, 0.3) is 0 Å². The number of benzene rings is 1. The minimum atomic E-state index is -5.67. The van der Waals surface area contributed by atoms with E-state index in [1.54, 1.807) is 30.3 Å². The van der Waals surface area contributed by atoms with Crippen LogP contribution in [0.1, 0.15) is 31.9 Å². The van der Waals surface area contributed by atoms with Crippen molar-refractivity contribution < 1.29 is 31.1 Å². The Balaban J connectivity index is 2.95. The number of rotatable bonds is 4. The van der Waals surface area contributed by atoms with E-state index in [4.69, 9.17) is 0 Å². The maximum Gasteiger partial charge on any atom is 0.420 e. The Bertz CT molecular complexity index is 512. The van der Waals surface area contributed by atoms with Crippen LogP contribution in [-0.4, -0.2) is 23.9 Å². The van der Waals surface area contributed by atoms with Crippen molar-refractivity contribution in [1.82, 2.24) is 10.6 Å². The van der Waals surface area contributed by atoms with Crippen LogP contribution in [-0.2, 0) is 0 Å². The fourth-order valence-electron chi connectivity index (χ4n) is 2.04. The highest BCUT2D eigenvalue weighted by Crippen LogP contribution is 2.45. The first-order chi connectivity index (χ1) is 10.4. The molecule has 0 aliphatic rings. The summed E-state index contributed by atoms with van der Waals surface area (Å²) >= 11 is 0. The summed E-state index contributed by atoms with van der Waals surface area (Å²) in [7, 11) is 0. The van der Waals surface area contributed by atoms with Crippen molar-refractivity contribution in [3.05, 3.63) is 35.9 Å². The molecule has 130 valence electrons. The summed E-state index contributed by atoms with van der Waals surface area (Å²) in [6, 6.07) is 5.83. The van der Waals surface area contributed by atoms with Crippen LogP contribution in [0.5, 0.6) is 0 Å². The second-order valence-corrected chi connectivity index (χ2v) is 4.99. The van der Waals surface area contributed by atoms with Crippen molar-refractivity contribution in [2.75, 3.05) is 0 Å². The van der Waals surface area contributed by atoms with Gasteiger partial charge in [-0.2, -0.15) is 26.3 Å². The van der Waals surface area contributed by atoms with E-state index < -0.39 is 36.4 Å². The van der Waals surface area contributed by atoms with Gasteiger partial charge in [-0.05, 0) is 18.9 Å². The summed E-state index contributed by atoms with van der Waals surface area (Å²) in [4.78, 5) is 11.7. The van der Waals surface area contributed by atoms with Crippen molar-refractivity contribution in [2.45, 2.75) is 44.2 Å². The molecule has 0 heterocycles. The van der Waals surface area contributed by atoms with E-state index in [2.05, 4.69) is 5.32 Å². The molecule has 0 saturated heterocycles. The number of halogens is 6. The molecule has 23 heavy (non-hydrogen) atoms. The van der Waals surface area contributed by atoms with Gasteiger partial charge in [-0.3, -0.25) is 0 Å². The Morgan fingerprint density at radius 1 is 1.04 bits per heavy atom. The summed E-state index contributed by atoms with van der Waals surface area (Å²) < 4.78 is 77.6. The maximum absolute atomic E-state index is 12.9. The number of amides is 2. The average Bonchev–Trinajstić information content (AvgIpc) is 2.42. The molecule has 0 aliphatic heterocycles. The highest BCUT2D eigenvalue weighted by atomic mass is 19.4. The topological polar surface area (TPSA) is 41.1 Å². The second kappa shape index (κ2) is 6.67. The zero-order valence-corrected chi connectivity index (χ0v) is 12.3. The SMILES string of the molecule is CCC(NC(=O)NC(C)c1ccccc1)(C(F)(F)F)C(F)(F)F. The largest absolute Gasteiger partial charge is 0.420 e. The van der Waals surface area contributed by atoms with Crippen molar-refractivity contribution in [3.8, 4) is 0 Å². The standard InChI is InChI=1S/C14H16F6N2O/c1-3-12(13(15,16)17,14(18,19)20)22-11(23)21-9(2)10-7-5-4-6-8-10/h4-9H,3H2,1-2H3,(H2,21,22,23). The summed E-state index contributed by atoms with van der Waals surface area (Å²) in [6.45, 7) is 2.16. The summed E-state index contributed by atoms with van der Waals surface area (Å²) in [6.07, 6.45) is -12.7. The maximum atomic E-state index is 12.9. The molecule has 0 saturated carbocycles. The summed E-state index contributed by atoms with van der Waals surface area (Å²) in [5.41, 5.74) is -3.75. The van der Waals surface area contributed by atoms with E-state index in [-0.39, 0.29) is 0 Å². The number of nitrogens with one attached hydrogen (secondary N) is 2. The number of carbonyl (C=O) groups excluding carboxylic acids is 1. The Morgan fingerprint density at radius 3 is 1.91 bits per heavy atom. The number of carbonyl (C=O) groups is 1. The quantitative estimate of drug-likeness (QED) is 0.786. The fourth-order valence-corrected chi connectivity index (χ4v) is 2.04. The minimum absolute atomic E-state index is 0.545. The van der Waals surface area contributed by atoms with Gasteiger partial charge in [-0.25, -0.2) is 4.79 Å². The van der Waals surface area contributed by atoms with Crippen LogP contribution in [0.4, 0.5) is 31.1 Å². The minimum Gasteiger partial charge on any atom is -0.332 e. The molecule has 1 unspecified atom stereocenters. The van der Waals surface area contributed by atoms with E-state index in [9.17, 15) is 31.1 Å². The smallest absolute Gasteiger partial charge is 0.332 e. The van der Waals surface area contributed by atoms with E-state index in [1.165, 1.54) is 6.92 Å². The summed E-state index contributed by atoms with van der Waals surface area (Å²) in [5.74, 6) is 0. The van der Waals surface area contributed by atoms with Crippen molar-refractivity contribution in [2.24, 2.45) is 0 Å². The van der Waals surface area contributed by atoms with Crippen LogP contribution in [0.15, 0.2) is 30.3 Å². The van der Waals surface area contributed by atoms with Crippen molar-refractivity contribution in [3.63, 3.8) is 0 Å². The van der Waals surface area contributed by atoms with Gasteiger partial charge in [0.25, 0.3) is 0 Å². The van der Waals surface area contributed by atoms with Gasteiger partial charge in [-0.15, -0.1) is 0 Å². The third-order valence-electron chi connectivity index (χ3n) is 3.47. The van der Waals surface area contributed by atoms with Gasteiger partial charge < -0.3 is 10.6 Å². The third kappa shape index (κ3) is 4.08. The van der Waals surface area contributed by atoms with Gasteiger partial charge >= 0.3 is 18.4 Å². The first-order valence-electron chi connectivity index (χ1n) is 6.71. The second-order valence-electron chi connectivity index (χ2n) is 4.99. The van der Waals surface area contributed by atoms with E-state index >= 15 is 0 Å². The van der Waals surface area contributed by atoms with Gasteiger partial charge in [0.1, 0.15) is 0 Å². The van der Waals surface area contributed by atoms with Gasteiger partial charge in [0, 0.05) is 0 Å². The van der Waals surface area contributed by atoms with Gasteiger partial charge in [0.2, 0.25) is 5.54 Å². The third-order valence-corrected chi connectivity index (χ3v) is 3.47. The molecule has 1 aromatic rings. The zero-order chi connectivity index (χ0) is 17.9. The molecule has 0 aliphatic carbocycles. The molecular formula is C14H16F6N2O. The molecular weight excluding hydrogens is 326 g/mol. The van der Waals surface area contributed by atoms with Gasteiger partial charge in [0.05, 0.1) is 6.04 Å². The average molecular weight is 342 g/mol. The molecule has 0 radical (unpaired) electrons. The molecule has 1 atom stereocenters. The highest BCUT2D eigenvalue weighted by Gasteiger charge is 2.70. The molecule has 3 nitrogen and oxygen atoms in total. The molecule has 2 amide bonds. The first-order valence-corrected chi connectivity index (χ1v) is 6.71. The number of alkyl halides is 6. The lowest BCUT2D eigenvalue weighted by Gasteiger charge is -2.37. The van der Waals surface area contributed by atoms with Crippen molar-refractivity contribution >= 4 is 6.03 Å². The number of hydrogen-bond acceptors (Lipinski definition) is 1. The van der Waals surface area contributed by atoms with Gasteiger partial charge in [-0.1, -0.05) is 37.3 Å². The van der Waals surface area contributed by atoms with E-state index in [0.29, 0.717) is 12.5 Å². The number of urea groups is 1. The highest BCUT2D eigenvalue weighted by molar-refractivity contribution is 5.75. The van der Waals surface area contributed by atoms with Crippen LogP contribution in [0.3, 0.4) is 0 Å². The van der Waals surface area contributed by atoms with Crippen LogP contribution >= 0.6 is 0 Å². The van der Waals surface area contributed by atoms with Crippen LogP contribution < -0.4 is 10.6 Å². The molecule has 9 heteroatoms. The fraction of sp³-hybridized carbons (Fsp3) is 0.500. The predicted molar refractivity (Wildman–Crippen MR) is 71.7 cm³/mol. The lowest BCUT2D eigenvalue weighted by molar-refractivity contribution is -0.304.